The largest absolute Gasteiger partial charge is 0.306 e. The summed E-state index contributed by atoms with van der Waals surface area (Å²) in [6.45, 7) is 1.86. The minimum Gasteiger partial charge on any atom is -0.306 e. The smallest absolute Gasteiger partial charge is 0.221 e. The van der Waals surface area contributed by atoms with E-state index in [1.165, 1.54) is 0 Å². The molecule has 1 radical (unpaired) electrons. The summed E-state index contributed by atoms with van der Waals surface area (Å²) in [5, 5.41) is 7.91. The third kappa shape index (κ3) is 0.667. The van der Waals surface area contributed by atoms with E-state index in [-0.39, 0.29) is 0 Å². The van der Waals surface area contributed by atoms with E-state index in [0.717, 1.165) is 5.82 Å². The molecule has 0 amide bonds. The van der Waals surface area contributed by atoms with Gasteiger partial charge in [0, 0.05) is 7.05 Å². The zero-order valence-electron chi connectivity index (χ0n) is 4.75. The Bertz CT molecular complexity index is 174. The molecule has 0 saturated heterocycles. The summed E-state index contributed by atoms with van der Waals surface area (Å²) < 4.78 is 1.76. The van der Waals surface area contributed by atoms with Gasteiger partial charge in [-0.2, -0.15) is 0 Å². The topological polar surface area (TPSA) is 30.7 Å². The molecule has 8 heavy (non-hydrogen) atoms. The maximum absolute atomic E-state index is 4.76. The van der Waals surface area contributed by atoms with E-state index >= 15 is 0 Å². The first-order valence-corrected chi connectivity index (χ1v) is 2.65. The van der Waals surface area contributed by atoms with Crippen molar-refractivity contribution in [3.8, 4) is 0 Å². The summed E-state index contributed by atoms with van der Waals surface area (Å²) in [7, 11) is 1.84. The van der Waals surface area contributed by atoms with Crippen molar-refractivity contribution in [2.75, 3.05) is 0 Å². The monoisotopic (exact) mass is 128 g/mol. The highest BCUT2D eigenvalue weighted by Gasteiger charge is 1.97. The van der Waals surface area contributed by atoms with Crippen molar-refractivity contribution >= 4 is 12.6 Å². The van der Waals surface area contributed by atoms with Crippen LogP contribution in [0.15, 0.2) is 5.16 Å². The maximum atomic E-state index is 4.76. The Kier molecular flexibility index (Phi) is 1.17. The van der Waals surface area contributed by atoms with Gasteiger partial charge in [-0.1, -0.05) is 0 Å². The molecule has 1 heterocycles. The summed E-state index contributed by atoms with van der Waals surface area (Å²) in [4.78, 5) is 0. The van der Waals surface area contributed by atoms with E-state index in [0.29, 0.717) is 5.16 Å². The SMILES string of the molecule is Cc1nnc([S])n1C. The van der Waals surface area contributed by atoms with E-state index in [1.807, 2.05) is 14.0 Å². The molecule has 1 aromatic heterocycles. The van der Waals surface area contributed by atoms with Crippen LogP contribution in [0, 0.1) is 6.92 Å². The predicted octanol–water partition coefficient (Wildman–Crippen LogP) is 0.680. The normalized spacial score (nSPS) is 9.75. The summed E-state index contributed by atoms with van der Waals surface area (Å²) in [5.74, 6) is 0.856. The van der Waals surface area contributed by atoms with Crippen LogP contribution in [0.25, 0.3) is 0 Å². The van der Waals surface area contributed by atoms with Gasteiger partial charge in [0.05, 0.1) is 0 Å². The molecule has 0 bridgehead atoms. The molecule has 0 aliphatic heterocycles. The zero-order valence-corrected chi connectivity index (χ0v) is 5.57. The zero-order chi connectivity index (χ0) is 6.15. The van der Waals surface area contributed by atoms with Crippen LogP contribution in [0.1, 0.15) is 5.82 Å². The number of hydrogen-bond donors (Lipinski definition) is 0. The van der Waals surface area contributed by atoms with Crippen molar-refractivity contribution in [1.82, 2.24) is 14.8 Å². The standard InChI is InChI=1S/C4H6N3S/c1-3-5-6-4(8)7(3)2/h1-2H3. The Labute approximate surface area is 53.1 Å². The molecule has 0 spiro atoms. The summed E-state index contributed by atoms with van der Waals surface area (Å²) in [6, 6.07) is 0. The molecule has 0 fully saturated rings. The van der Waals surface area contributed by atoms with Gasteiger partial charge in [-0.3, -0.25) is 0 Å². The lowest BCUT2D eigenvalue weighted by Gasteiger charge is -1.88. The molecule has 4 heteroatoms. The fourth-order valence-corrected chi connectivity index (χ4v) is 0.561. The van der Waals surface area contributed by atoms with Crippen LogP contribution in [0.5, 0.6) is 0 Å². The second kappa shape index (κ2) is 1.70. The average Bonchev–Trinajstić information content (AvgIpc) is 1.98. The van der Waals surface area contributed by atoms with E-state index in [1.54, 1.807) is 4.57 Å². The fraction of sp³-hybridized carbons (Fsp3) is 0.500. The van der Waals surface area contributed by atoms with Gasteiger partial charge in [0.25, 0.3) is 0 Å². The van der Waals surface area contributed by atoms with Crippen molar-refractivity contribution in [1.29, 1.82) is 0 Å². The Morgan fingerprint density at radius 1 is 1.50 bits per heavy atom. The first kappa shape index (κ1) is 5.50. The van der Waals surface area contributed by atoms with Crippen molar-refractivity contribution in [2.45, 2.75) is 12.1 Å². The summed E-state index contributed by atoms with van der Waals surface area (Å²) in [6.07, 6.45) is 0. The van der Waals surface area contributed by atoms with Gasteiger partial charge >= 0.3 is 0 Å². The van der Waals surface area contributed by atoms with Crippen LogP contribution in [0.3, 0.4) is 0 Å². The predicted molar refractivity (Wildman–Crippen MR) is 31.6 cm³/mol. The molecular formula is C4H6N3S. The number of hydrogen-bond acceptors (Lipinski definition) is 2. The fourth-order valence-electron chi connectivity index (χ4n) is 0.388. The van der Waals surface area contributed by atoms with Crippen molar-refractivity contribution in [3.63, 3.8) is 0 Å². The Balaban J connectivity index is 3.19. The van der Waals surface area contributed by atoms with Crippen LogP contribution in [-0.4, -0.2) is 14.8 Å². The van der Waals surface area contributed by atoms with Crippen LogP contribution in [0.2, 0.25) is 0 Å². The number of aryl methyl sites for hydroxylation is 1. The average molecular weight is 128 g/mol. The minimum absolute atomic E-state index is 0.544. The van der Waals surface area contributed by atoms with Crippen LogP contribution < -0.4 is 0 Å². The molecule has 0 unspecified atom stereocenters. The first-order chi connectivity index (χ1) is 3.72. The molecule has 0 N–H and O–H groups in total. The summed E-state index contributed by atoms with van der Waals surface area (Å²) in [5.41, 5.74) is 0. The van der Waals surface area contributed by atoms with Gasteiger partial charge in [-0.05, 0) is 19.6 Å². The molecular weight excluding hydrogens is 122 g/mol. The Morgan fingerprint density at radius 2 is 2.12 bits per heavy atom. The number of nitrogens with zero attached hydrogens (tertiary/aromatic N) is 3. The van der Waals surface area contributed by atoms with Crippen molar-refractivity contribution in [3.05, 3.63) is 5.82 Å². The highest BCUT2D eigenvalue weighted by atomic mass is 32.1. The van der Waals surface area contributed by atoms with Gasteiger partial charge in [-0.15, -0.1) is 10.2 Å². The third-order valence-corrected chi connectivity index (χ3v) is 1.41. The maximum Gasteiger partial charge on any atom is 0.221 e. The molecule has 0 aromatic carbocycles. The third-order valence-electron chi connectivity index (χ3n) is 1.05. The van der Waals surface area contributed by atoms with Crippen LogP contribution in [-0.2, 0) is 7.05 Å². The lowest BCUT2D eigenvalue weighted by Crippen LogP contribution is -1.90. The molecule has 1 aromatic rings. The minimum atomic E-state index is 0.544. The van der Waals surface area contributed by atoms with Gasteiger partial charge in [0.2, 0.25) is 5.16 Å². The molecule has 0 aliphatic rings. The van der Waals surface area contributed by atoms with Crippen LogP contribution >= 0.6 is 12.6 Å². The second-order valence-electron chi connectivity index (χ2n) is 1.59. The van der Waals surface area contributed by atoms with E-state index in [2.05, 4.69) is 10.2 Å². The van der Waals surface area contributed by atoms with Gasteiger partial charge < -0.3 is 4.57 Å². The molecule has 0 saturated carbocycles. The number of rotatable bonds is 0. The molecule has 0 aliphatic carbocycles. The van der Waals surface area contributed by atoms with Gasteiger partial charge in [-0.25, -0.2) is 0 Å². The first-order valence-electron chi connectivity index (χ1n) is 2.25. The molecule has 3 nitrogen and oxygen atoms in total. The van der Waals surface area contributed by atoms with Crippen molar-refractivity contribution in [2.24, 2.45) is 7.05 Å². The molecule has 1 rings (SSSR count). The quantitative estimate of drug-likeness (QED) is 0.514. The second-order valence-corrected chi connectivity index (χ2v) is 1.95. The summed E-state index contributed by atoms with van der Waals surface area (Å²) >= 11 is 4.76. The van der Waals surface area contributed by atoms with Gasteiger partial charge in [0.1, 0.15) is 5.82 Å². The Hall–Kier alpha value is -0.640. The van der Waals surface area contributed by atoms with Gasteiger partial charge in [0.15, 0.2) is 0 Å². The highest BCUT2D eigenvalue weighted by Crippen LogP contribution is 1.99. The molecule has 43 valence electrons. The van der Waals surface area contributed by atoms with Crippen molar-refractivity contribution < 1.29 is 0 Å². The van der Waals surface area contributed by atoms with E-state index in [9.17, 15) is 0 Å². The van der Waals surface area contributed by atoms with Crippen LogP contribution in [0.4, 0.5) is 0 Å². The Morgan fingerprint density at radius 3 is 2.25 bits per heavy atom. The highest BCUT2D eigenvalue weighted by molar-refractivity contribution is 7.80. The van der Waals surface area contributed by atoms with E-state index in [4.69, 9.17) is 12.6 Å². The lowest BCUT2D eigenvalue weighted by molar-refractivity contribution is 0.769. The number of aromatic nitrogens is 3. The lowest BCUT2D eigenvalue weighted by atomic mass is 10.7. The molecule has 0 atom stereocenters. The van der Waals surface area contributed by atoms with E-state index < -0.39 is 0 Å².